The number of hydrogen-bond donors (Lipinski definition) is 0. The molecule has 0 amide bonds. The molecule has 0 aliphatic rings. The SMILES string of the molecule is O=[N+]([O-])c1cc(S(=O)(=O)[O-])cc([N+](=O)[O-])c1Cl. The van der Waals surface area contributed by atoms with Gasteiger partial charge in [-0.2, -0.15) is 0 Å². The predicted octanol–water partition coefficient (Wildman–Crippen LogP) is 1.06. The molecule has 0 aliphatic heterocycles. The molecule has 92 valence electrons. The Morgan fingerprint density at radius 2 is 1.41 bits per heavy atom. The number of nitrogens with zero attached hydrogens (tertiary/aromatic N) is 2. The van der Waals surface area contributed by atoms with Crippen LogP contribution in [0.1, 0.15) is 0 Å². The van der Waals surface area contributed by atoms with E-state index in [4.69, 9.17) is 11.6 Å². The van der Waals surface area contributed by atoms with E-state index in [0.29, 0.717) is 12.1 Å². The number of halogens is 1. The number of nitro benzene ring substituents is 2. The van der Waals surface area contributed by atoms with Crippen LogP contribution in [0.5, 0.6) is 0 Å². The number of hydrogen-bond acceptors (Lipinski definition) is 7. The van der Waals surface area contributed by atoms with E-state index in [-0.39, 0.29) is 0 Å². The lowest BCUT2D eigenvalue weighted by Crippen LogP contribution is -2.03. The summed E-state index contributed by atoms with van der Waals surface area (Å²) in [7, 11) is -5.05. The summed E-state index contributed by atoms with van der Waals surface area (Å²) >= 11 is 5.34. The maximum Gasteiger partial charge on any atom is 0.296 e. The van der Waals surface area contributed by atoms with Crippen LogP contribution in [0.3, 0.4) is 0 Å². The fourth-order valence-electron chi connectivity index (χ4n) is 0.979. The molecule has 0 atom stereocenters. The lowest BCUT2D eigenvalue weighted by atomic mass is 10.3. The van der Waals surface area contributed by atoms with Gasteiger partial charge in [0, 0.05) is 12.1 Å². The summed E-state index contributed by atoms with van der Waals surface area (Å²) in [4.78, 5) is 17.6. The van der Waals surface area contributed by atoms with Gasteiger partial charge in [0.25, 0.3) is 11.4 Å². The first-order valence-corrected chi connectivity index (χ1v) is 5.51. The smallest absolute Gasteiger partial charge is 0.296 e. The number of benzene rings is 1. The van der Waals surface area contributed by atoms with Crippen molar-refractivity contribution in [2.45, 2.75) is 4.90 Å². The van der Waals surface area contributed by atoms with Crippen molar-refractivity contribution in [2.24, 2.45) is 0 Å². The highest BCUT2D eigenvalue weighted by Gasteiger charge is 2.26. The second-order valence-electron chi connectivity index (χ2n) is 2.74. The van der Waals surface area contributed by atoms with E-state index in [0.717, 1.165) is 0 Å². The molecule has 11 heteroatoms. The minimum Gasteiger partial charge on any atom is -0.744 e. The highest BCUT2D eigenvalue weighted by atomic mass is 35.5. The topological polar surface area (TPSA) is 143 Å². The van der Waals surface area contributed by atoms with Crippen LogP contribution >= 0.6 is 11.6 Å². The van der Waals surface area contributed by atoms with Gasteiger partial charge in [-0.15, -0.1) is 0 Å². The summed E-state index contributed by atoms with van der Waals surface area (Å²) in [6, 6.07) is 0.745. The lowest BCUT2D eigenvalue weighted by molar-refractivity contribution is -0.394. The zero-order chi connectivity index (χ0) is 13.4. The minimum absolute atomic E-state index is 0.373. The highest BCUT2D eigenvalue weighted by Crippen LogP contribution is 2.36. The van der Waals surface area contributed by atoms with Gasteiger partial charge in [-0.25, -0.2) is 8.42 Å². The van der Waals surface area contributed by atoms with Gasteiger partial charge in [0.15, 0.2) is 5.02 Å². The standard InChI is InChI=1S/C6H3ClN2O7S/c7-6-4(8(10)11)1-3(17(14,15)16)2-5(6)9(12)13/h1-2H,(H,14,15,16)/p-1. The Kier molecular flexibility index (Phi) is 3.31. The maximum atomic E-state index is 10.6. The molecule has 0 aromatic heterocycles. The molecular formula is C6H2ClN2O7S-. The molecule has 0 saturated carbocycles. The molecule has 1 rings (SSSR count). The van der Waals surface area contributed by atoms with E-state index in [2.05, 4.69) is 0 Å². The second-order valence-corrected chi connectivity index (χ2v) is 4.50. The zero-order valence-electron chi connectivity index (χ0n) is 7.69. The molecule has 0 aliphatic carbocycles. The summed E-state index contributed by atoms with van der Waals surface area (Å²) in [6.07, 6.45) is 0. The molecule has 9 nitrogen and oxygen atoms in total. The van der Waals surface area contributed by atoms with Crippen LogP contribution in [-0.4, -0.2) is 22.8 Å². The molecule has 0 radical (unpaired) electrons. The van der Waals surface area contributed by atoms with Gasteiger partial charge >= 0.3 is 0 Å². The van der Waals surface area contributed by atoms with E-state index in [1.165, 1.54) is 0 Å². The van der Waals surface area contributed by atoms with Crippen LogP contribution < -0.4 is 0 Å². The lowest BCUT2D eigenvalue weighted by Gasteiger charge is -2.07. The summed E-state index contributed by atoms with van der Waals surface area (Å²) in [5.41, 5.74) is -2.04. The first-order valence-electron chi connectivity index (χ1n) is 3.73. The van der Waals surface area contributed by atoms with Crippen LogP contribution in [-0.2, 0) is 10.1 Å². The van der Waals surface area contributed by atoms with Crippen molar-refractivity contribution in [3.63, 3.8) is 0 Å². The molecule has 0 unspecified atom stereocenters. The third kappa shape index (κ3) is 2.67. The van der Waals surface area contributed by atoms with Crippen LogP contribution in [0, 0.1) is 20.2 Å². The van der Waals surface area contributed by atoms with E-state index in [1.54, 1.807) is 0 Å². The molecule has 0 spiro atoms. The Morgan fingerprint density at radius 1 is 1.06 bits per heavy atom. The fraction of sp³-hybridized carbons (Fsp3) is 0. The molecule has 0 heterocycles. The van der Waals surface area contributed by atoms with Gasteiger partial charge in [-0.05, 0) is 0 Å². The van der Waals surface area contributed by atoms with E-state index < -0.39 is 41.3 Å². The van der Waals surface area contributed by atoms with Crippen molar-refractivity contribution in [1.29, 1.82) is 0 Å². The van der Waals surface area contributed by atoms with Crippen molar-refractivity contribution in [3.05, 3.63) is 37.4 Å². The van der Waals surface area contributed by atoms with Crippen molar-refractivity contribution >= 4 is 33.1 Å². The molecule has 0 bridgehead atoms. The van der Waals surface area contributed by atoms with Crippen LogP contribution in [0.15, 0.2) is 17.0 Å². The van der Waals surface area contributed by atoms with E-state index in [1.807, 2.05) is 0 Å². The Labute approximate surface area is 98.7 Å². The quantitative estimate of drug-likeness (QED) is 0.457. The molecule has 1 aromatic rings. The van der Waals surface area contributed by atoms with Gasteiger partial charge in [0.2, 0.25) is 0 Å². The van der Waals surface area contributed by atoms with Gasteiger partial charge in [0.1, 0.15) is 10.1 Å². The van der Waals surface area contributed by atoms with E-state index in [9.17, 15) is 33.2 Å². The Hall–Kier alpha value is -1.78. The molecule has 17 heavy (non-hydrogen) atoms. The molecule has 0 saturated heterocycles. The highest BCUT2D eigenvalue weighted by molar-refractivity contribution is 7.85. The normalized spacial score (nSPS) is 11.2. The van der Waals surface area contributed by atoms with Crippen LogP contribution in [0.4, 0.5) is 11.4 Å². The van der Waals surface area contributed by atoms with Gasteiger partial charge in [-0.1, -0.05) is 11.6 Å². The van der Waals surface area contributed by atoms with Crippen molar-refractivity contribution in [2.75, 3.05) is 0 Å². The largest absolute Gasteiger partial charge is 0.744 e. The molecule has 1 aromatic carbocycles. The molecule has 0 fully saturated rings. The molecule has 0 N–H and O–H groups in total. The monoisotopic (exact) mass is 281 g/mol. The first kappa shape index (κ1) is 13.3. The average Bonchev–Trinajstić information content (AvgIpc) is 2.14. The van der Waals surface area contributed by atoms with Crippen molar-refractivity contribution < 1.29 is 22.8 Å². The van der Waals surface area contributed by atoms with Crippen molar-refractivity contribution in [1.82, 2.24) is 0 Å². The van der Waals surface area contributed by atoms with Crippen LogP contribution in [0.25, 0.3) is 0 Å². The van der Waals surface area contributed by atoms with Crippen molar-refractivity contribution in [3.8, 4) is 0 Å². The summed E-state index contributed by atoms with van der Waals surface area (Å²) < 4.78 is 31.9. The van der Waals surface area contributed by atoms with Gasteiger partial charge in [0.05, 0.1) is 14.7 Å². The van der Waals surface area contributed by atoms with Crippen LogP contribution in [0.2, 0.25) is 5.02 Å². The van der Waals surface area contributed by atoms with Gasteiger partial charge in [-0.3, -0.25) is 20.2 Å². The minimum atomic E-state index is -5.05. The summed E-state index contributed by atoms with van der Waals surface area (Å²) in [5, 5.41) is 20.1. The second kappa shape index (κ2) is 4.24. The van der Waals surface area contributed by atoms with E-state index >= 15 is 0 Å². The van der Waals surface area contributed by atoms with Gasteiger partial charge < -0.3 is 4.55 Å². The fourth-order valence-corrected chi connectivity index (χ4v) is 1.74. The Bertz CT molecular complexity index is 576. The third-order valence-electron chi connectivity index (χ3n) is 1.69. The molecular weight excluding hydrogens is 280 g/mol. The number of nitro groups is 2. The zero-order valence-corrected chi connectivity index (χ0v) is 9.27. The first-order chi connectivity index (χ1) is 7.64. The summed E-state index contributed by atoms with van der Waals surface area (Å²) in [6.45, 7) is 0. The third-order valence-corrected chi connectivity index (χ3v) is 2.89. The predicted molar refractivity (Wildman–Crippen MR) is 52.7 cm³/mol. The maximum absolute atomic E-state index is 10.6. The average molecular weight is 282 g/mol. The Morgan fingerprint density at radius 3 is 1.65 bits per heavy atom. The summed E-state index contributed by atoms with van der Waals surface area (Å²) in [5.74, 6) is 0. The Balaban J connectivity index is 3.71. The number of rotatable bonds is 3.